The second-order valence-electron chi connectivity index (χ2n) is 4.65. The quantitative estimate of drug-likeness (QED) is 0.512. The molecule has 3 rings (SSSR count). The first-order chi connectivity index (χ1) is 10.6. The molecule has 2 aromatic heterocycles. The molecule has 1 unspecified atom stereocenters. The highest BCUT2D eigenvalue weighted by Gasteiger charge is 2.31. The lowest BCUT2D eigenvalue weighted by Crippen LogP contribution is -2.16. The van der Waals surface area contributed by atoms with Crippen LogP contribution >= 0.6 is 23.4 Å². The van der Waals surface area contributed by atoms with E-state index >= 15 is 0 Å². The molecule has 0 amide bonds. The summed E-state index contributed by atoms with van der Waals surface area (Å²) < 4.78 is 22.9. The van der Waals surface area contributed by atoms with Crippen molar-refractivity contribution in [2.45, 2.75) is 17.5 Å². The number of fused-ring (bicyclic) bond motifs is 1. The van der Waals surface area contributed by atoms with E-state index in [-0.39, 0.29) is 10.9 Å². The average molecular weight is 355 g/mol. The maximum Gasteiger partial charge on any atom is 0.234 e. The van der Waals surface area contributed by atoms with Gasteiger partial charge in [0, 0.05) is 30.1 Å². The molecule has 6 nitrogen and oxygen atoms in total. The van der Waals surface area contributed by atoms with Gasteiger partial charge in [-0.1, -0.05) is 23.4 Å². The molecule has 0 spiro atoms. The van der Waals surface area contributed by atoms with Crippen LogP contribution in [0.4, 0.5) is 5.82 Å². The Bertz CT molecular complexity index is 845. The van der Waals surface area contributed by atoms with E-state index in [1.807, 2.05) is 6.26 Å². The van der Waals surface area contributed by atoms with Crippen molar-refractivity contribution in [3.63, 3.8) is 0 Å². The van der Waals surface area contributed by atoms with Gasteiger partial charge in [-0.3, -0.25) is 0 Å². The van der Waals surface area contributed by atoms with Gasteiger partial charge in [0.05, 0.1) is 5.02 Å². The molecule has 0 saturated heterocycles. The summed E-state index contributed by atoms with van der Waals surface area (Å²) in [5, 5.41) is 3.99. The van der Waals surface area contributed by atoms with Crippen LogP contribution in [0.25, 0.3) is 0 Å². The minimum Gasteiger partial charge on any atom is -0.330 e. The molecule has 0 aliphatic carbocycles. The van der Waals surface area contributed by atoms with Crippen molar-refractivity contribution < 1.29 is 8.42 Å². The lowest BCUT2D eigenvalue weighted by Gasteiger charge is -2.09. The summed E-state index contributed by atoms with van der Waals surface area (Å²) >= 11 is 7.43. The van der Waals surface area contributed by atoms with Gasteiger partial charge >= 0.3 is 0 Å². The molecule has 3 heterocycles. The highest BCUT2D eigenvalue weighted by Crippen LogP contribution is 2.35. The Labute approximate surface area is 137 Å². The van der Waals surface area contributed by atoms with Crippen LogP contribution in [-0.2, 0) is 16.7 Å². The summed E-state index contributed by atoms with van der Waals surface area (Å²) in [5.41, 5.74) is 1.61. The van der Waals surface area contributed by atoms with E-state index in [9.17, 15) is 8.42 Å². The average Bonchev–Trinajstić information content (AvgIpc) is 2.86. The maximum absolute atomic E-state index is 11.5. The van der Waals surface area contributed by atoms with Crippen LogP contribution in [0.1, 0.15) is 17.0 Å². The fraction of sp³-hybridized carbons (Fsp3) is 0.231. The Morgan fingerprint density at radius 2 is 2.00 bits per heavy atom. The molecule has 9 heteroatoms. The van der Waals surface area contributed by atoms with E-state index in [0.29, 0.717) is 22.4 Å². The predicted octanol–water partition coefficient (Wildman–Crippen LogP) is 2.01. The largest absolute Gasteiger partial charge is 0.330 e. The highest BCUT2D eigenvalue weighted by molar-refractivity contribution is 7.98. The van der Waals surface area contributed by atoms with Crippen LogP contribution in [0.5, 0.6) is 0 Å². The van der Waals surface area contributed by atoms with Gasteiger partial charge in [-0.15, -0.1) is 0 Å². The lowest BCUT2D eigenvalue weighted by atomic mass is 9.96. The predicted molar refractivity (Wildman–Crippen MR) is 87.1 cm³/mol. The fourth-order valence-corrected chi connectivity index (χ4v) is 3.43. The Balaban J connectivity index is 1.99. The Kier molecular flexibility index (Phi) is 4.32. The highest BCUT2D eigenvalue weighted by atomic mass is 35.5. The minimum absolute atomic E-state index is 0.193. The van der Waals surface area contributed by atoms with Gasteiger partial charge in [-0.25, -0.2) is 15.0 Å². The standard InChI is InChI=1S/C13H11ClN4O2S2/c1-21-13-16-4-7(5-17-13)2-10-9-3-8(14)6-15-11(9)18-12(10)22(19)20/h3-6,10H,2H2,1H3,(H,15,18). The SMILES string of the molecule is CSc1ncc(CC2C(=S(=O)=O)Nc3ncc(Cl)cc32)cn1. The molecule has 0 bridgehead atoms. The fourth-order valence-electron chi connectivity index (χ4n) is 2.32. The number of hydrogen-bond acceptors (Lipinski definition) is 6. The van der Waals surface area contributed by atoms with Gasteiger partial charge in [-0.2, -0.15) is 8.42 Å². The van der Waals surface area contributed by atoms with Crippen molar-refractivity contribution >= 4 is 44.5 Å². The molecule has 1 aliphatic rings. The summed E-state index contributed by atoms with van der Waals surface area (Å²) in [6.07, 6.45) is 7.25. The Hall–Kier alpha value is -1.64. The first-order valence-corrected chi connectivity index (χ1v) is 8.99. The van der Waals surface area contributed by atoms with Crippen LogP contribution < -0.4 is 5.32 Å². The van der Waals surface area contributed by atoms with Crippen molar-refractivity contribution in [1.29, 1.82) is 0 Å². The van der Waals surface area contributed by atoms with Gasteiger partial charge in [-0.05, 0) is 24.3 Å². The molecular formula is C13H11ClN4O2S2. The van der Waals surface area contributed by atoms with E-state index in [4.69, 9.17) is 11.6 Å². The molecule has 1 N–H and O–H groups in total. The van der Waals surface area contributed by atoms with E-state index < -0.39 is 10.3 Å². The summed E-state index contributed by atoms with van der Waals surface area (Å²) in [5.74, 6) is 0.165. The van der Waals surface area contributed by atoms with Crippen LogP contribution in [0.15, 0.2) is 29.8 Å². The molecule has 114 valence electrons. The van der Waals surface area contributed by atoms with E-state index in [0.717, 1.165) is 11.1 Å². The van der Waals surface area contributed by atoms with Crippen LogP contribution in [0.2, 0.25) is 5.02 Å². The van der Waals surface area contributed by atoms with Crippen molar-refractivity contribution in [3.8, 4) is 0 Å². The third-order valence-electron chi connectivity index (χ3n) is 3.30. The molecule has 1 atom stereocenters. The first-order valence-electron chi connectivity index (χ1n) is 6.32. The number of pyridine rings is 1. The van der Waals surface area contributed by atoms with Crippen LogP contribution in [0, 0.1) is 0 Å². The molecule has 0 saturated carbocycles. The van der Waals surface area contributed by atoms with E-state index in [1.54, 1.807) is 18.5 Å². The van der Waals surface area contributed by atoms with Gasteiger partial charge in [0.25, 0.3) is 0 Å². The number of rotatable bonds is 3. The number of thioether (sulfide) groups is 1. The molecule has 0 fully saturated rings. The molecular weight excluding hydrogens is 344 g/mol. The van der Waals surface area contributed by atoms with Gasteiger partial charge in [0.1, 0.15) is 10.8 Å². The van der Waals surface area contributed by atoms with Gasteiger partial charge < -0.3 is 5.32 Å². The van der Waals surface area contributed by atoms with Gasteiger partial charge in [0.15, 0.2) is 5.16 Å². The number of hydrogen-bond donors (Lipinski definition) is 1. The zero-order valence-corrected chi connectivity index (χ0v) is 13.8. The van der Waals surface area contributed by atoms with Gasteiger partial charge in [0.2, 0.25) is 10.3 Å². The molecule has 22 heavy (non-hydrogen) atoms. The molecule has 2 aromatic rings. The third kappa shape index (κ3) is 2.94. The normalized spacial score (nSPS) is 16.3. The van der Waals surface area contributed by atoms with E-state index in [2.05, 4.69) is 20.3 Å². The molecule has 0 aromatic carbocycles. The van der Waals surface area contributed by atoms with Crippen molar-refractivity contribution in [3.05, 3.63) is 40.8 Å². The summed E-state index contributed by atoms with van der Waals surface area (Å²) in [6.45, 7) is 0. The molecule has 1 aliphatic heterocycles. The summed E-state index contributed by atoms with van der Waals surface area (Å²) in [7, 11) is -2.36. The van der Waals surface area contributed by atoms with Crippen molar-refractivity contribution in [2.24, 2.45) is 0 Å². The van der Waals surface area contributed by atoms with Crippen LogP contribution in [0.3, 0.4) is 0 Å². The number of nitrogens with one attached hydrogen (secondary N) is 1. The van der Waals surface area contributed by atoms with E-state index in [1.165, 1.54) is 18.0 Å². The first kappa shape index (κ1) is 15.3. The number of nitrogens with zero attached hydrogens (tertiary/aromatic N) is 3. The smallest absolute Gasteiger partial charge is 0.234 e. The monoisotopic (exact) mass is 354 g/mol. The summed E-state index contributed by atoms with van der Waals surface area (Å²) in [4.78, 5) is 12.8. The molecule has 0 radical (unpaired) electrons. The number of halogens is 1. The van der Waals surface area contributed by atoms with Crippen molar-refractivity contribution in [2.75, 3.05) is 11.6 Å². The number of aromatic nitrogens is 3. The number of anilines is 1. The Morgan fingerprint density at radius 1 is 1.27 bits per heavy atom. The zero-order valence-electron chi connectivity index (χ0n) is 11.4. The maximum atomic E-state index is 11.5. The topological polar surface area (TPSA) is 84.8 Å². The second kappa shape index (κ2) is 6.23. The third-order valence-corrected chi connectivity index (χ3v) is 4.83. The Morgan fingerprint density at radius 3 is 2.64 bits per heavy atom. The van der Waals surface area contributed by atoms with Crippen LogP contribution in [-0.4, -0.2) is 34.6 Å². The zero-order chi connectivity index (χ0) is 15.7. The second-order valence-corrected chi connectivity index (χ2v) is 6.77. The lowest BCUT2D eigenvalue weighted by molar-refractivity contribution is 0.626. The summed E-state index contributed by atoms with van der Waals surface area (Å²) in [6, 6.07) is 1.73. The van der Waals surface area contributed by atoms with Crippen molar-refractivity contribution in [1.82, 2.24) is 15.0 Å². The minimum atomic E-state index is -2.36.